The van der Waals surface area contributed by atoms with Crippen LogP contribution in [0.25, 0.3) is 0 Å². The third-order valence-electron chi connectivity index (χ3n) is 2.93. The molecule has 0 fully saturated rings. The predicted molar refractivity (Wildman–Crippen MR) is 76.6 cm³/mol. The largest absolute Gasteiger partial charge is 0.496 e. The number of hydrogen-bond donors (Lipinski definition) is 0. The molecule has 0 saturated carbocycles. The molecule has 0 N–H and O–H groups in total. The van der Waals surface area contributed by atoms with Gasteiger partial charge in [-0.25, -0.2) is 9.97 Å². The maximum Gasteiger partial charge on any atom is 0.146 e. The van der Waals surface area contributed by atoms with Crippen molar-refractivity contribution < 1.29 is 4.74 Å². The number of nitrogens with zero attached hydrogens (tertiary/aromatic N) is 4. The van der Waals surface area contributed by atoms with Crippen LogP contribution >= 0.6 is 0 Å². The summed E-state index contributed by atoms with van der Waals surface area (Å²) >= 11 is 0. The van der Waals surface area contributed by atoms with Crippen molar-refractivity contribution in [3.8, 4) is 11.8 Å². The highest BCUT2D eigenvalue weighted by Gasteiger charge is 2.09. The molecule has 1 heterocycles. The van der Waals surface area contributed by atoms with Gasteiger partial charge in [0.2, 0.25) is 0 Å². The minimum atomic E-state index is 0.374. The van der Waals surface area contributed by atoms with Crippen molar-refractivity contribution in [3.63, 3.8) is 0 Å². The van der Waals surface area contributed by atoms with Gasteiger partial charge in [0.1, 0.15) is 29.2 Å². The van der Waals surface area contributed by atoms with Gasteiger partial charge in [-0.1, -0.05) is 18.2 Å². The van der Waals surface area contributed by atoms with Gasteiger partial charge < -0.3 is 9.64 Å². The molecule has 0 unspecified atom stereocenters. The summed E-state index contributed by atoms with van der Waals surface area (Å²) in [7, 11) is 3.58. The van der Waals surface area contributed by atoms with E-state index in [1.165, 1.54) is 0 Å². The van der Waals surface area contributed by atoms with E-state index in [0.29, 0.717) is 18.1 Å². The third-order valence-corrected chi connectivity index (χ3v) is 2.93. The lowest BCUT2D eigenvalue weighted by Gasteiger charge is -2.20. The van der Waals surface area contributed by atoms with Crippen molar-refractivity contribution in [1.82, 2.24) is 9.97 Å². The van der Waals surface area contributed by atoms with E-state index in [2.05, 4.69) is 9.97 Å². The first-order valence-electron chi connectivity index (χ1n) is 6.23. The van der Waals surface area contributed by atoms with Crippen molar-refractivity contribution in [3.05, 3.63) is 47.4 Å². The van der Waals surface area contributed by atoms with Crippen molar-refractivity contribution in [2.24, 2.45) is 0 Å². The summed E-state index contributed by atoms with van der Waals surface area (Å²) in [6, 6.07) is 11.6. The lowest BCUT2D eigenvalue weighted by molar-refractivity contribution is 0.409. The molecule has 0 aliphatic carbocycles. The van der Waals surface area contributed by atoms with Gasteiger partial charge in [0.25, 0.3) is 0 Å². The van der Waals surface area contributed by atoms with Crippen molar-refractivity contribution in [1.29, 1.82) is 5.26 Å². The molecular formula is C15H16N4O. The smallest absolute Gasteiger partial charge is 0.146 e. The first kappa shape index (κ1) is 13.8. The number of aromatic nitrogens is 2. The van der Waals surface area contributed by atoms with Crippen LogP contribution in [0.4, 0.5) is 5.82 Å². The Kier molecular flexibility index (Phi) is 4.16. The zero-order valence-electron chi connectivity index (χ0n) is 11.8. The SMILES string of the molecule is COc1ccccc1CN(C)c1cc(C#N)nc(C)n1. The van der Waals surface area contributed by atoms with E-state index < -0.39 is 0 Å². The summed E-state index contributed by atoms with van der Waals surface area (Å²) in [5.41, 5.74) is 1.44. The van der Waals surface area contributed by atoms with Crippen LogP contribution < -0.4 is 9.64 Å². The van der Waals surface area contributed by atoms with Crippen molar-refractivity contribution in [2.75, 3.05) is 19.1 Å². The Morgan fingerprint density at radius 3 is 2.75 bits per heavy atom. The summed E-state index contributed by atoms with van der Waals surface area (Å²) in [4.78, 5) is 10.4. The van der Waals surface area contributed by atoms with Crippen LogP contribution in [0.1, 0.15) is 17.1 Å². The Balaban J connectivity index is 2.26. The zero-order valence-corrected chi connectivity index (χ0v) is 11.8. The predicted octanol–water partition coefficient (Wildman–Crippen LogP) is 2.30. The van der Waals surface area contributed by atoms with Crippen LogP contribution in [0, 0.1) is 18.3 Å². The van der Waals surface area contributed by atoms with Gasteiger partial charge in [-0.2, -0.15) is 5.26 Å². The molecule has 0 spiro atoms. The van der Waals surface area contributed by atoms with Crippen LogP contribution in [-0.2, 0) is 6.54 Å². The topological polar surface area (TPSA) is 62.0 Å². The van der Waals surface area contributed by atoms with Gasteiger partial charge in [0, 0.05) is 25.2 Å². The second-order valence-electron chi connectivity index (χ2n) is 4.44. The fourth-order valence-electron chi connectivity index (χ4n) is 1.97. The first-order valence-corrected chi connectivity index (χ1v) is 6.23. The highest BCUT2D eigenvalue weighted by molar-refractivity contribution is 5.44. The molecule has 20 heavy (non-hydrogen) atoms. The summed E-state index contributed by atoms with van der Waals surface area (Å²) in [6.45, 7) is 2.42. The third kappa shape index (κ3) is 3.04. The zero-order chi connectivity index (χ0) is 14.5. The summed E-state index contributed by atoms with van der Waals surface area (Å²) < 4.78 is 5.34. The Hall–Kier alpha value is -2.61. The second-order valence-corrected chi connectivity index (χ2v) is 4.44. The van der Waals surface area contributed by atoms with E-state index in [4.69, 9.17) is 10.00 Å². The average Bonchev–Trinajstić information content (AvgIpc) is 2.47. The van der Waals surface area contributed by atoms with Crippen molar-refractivity contribution in [2.45, 2.75) is 13.5 Å². The molecule has 0 aliphatic heterocycles. The maximum absolute atomic E-state index is 8.96. The van der Waals surface area contributed by atoms with E-state index in [9.17, 15) is 0 Å². The normalized spacial score (nSPS) is 9.90. The average molecular weight is 268 g/mol. The fourth-order valence-corrected chi connectivity index (χ4v) is 1.97. The molecule has 0 saturated heterocycles. The maximum atomic E-state index is 8.96. The standard InChI is InChI=1S/C15H16N4O/c1-11-17-13(9-16)8-15(18-11)19(2)10-12-6-4-5-7-14(12)20-3/h4-8H,10H2,1-3H3. The number of ether oxygens (including phenoxy) is 1. The van der Waals surface area contributed by atoms with Crippen LogP contribution in [0.5, 0.6) is 5.75 Å². The van der Waals surface area contributed by atoms with E-state index in [1.807, 2.05) is 42.3 Å². The molecule has 0 radical (unpaired) electrons. The van der Waals surface area contributed by atoms with Gasteiger partial charge in [-0.15, -0.1) is 0 Å². The molecule has 2 rings (SSSR count). The van der Waals surface area contributed by atoms with Crippen LogP contribution in [0.15, 0.2) is 30.3 Å². The lowest BCUT2D eigenvalue weighted by atomic mass is 10.2. The van der Waals surface area contributed by atoms with Gasteiger partial charge in [0.05, 0.1) is 7.11 Å². The Morgan fingerprint density at radius 2 is 2.05 bits per heavy atom. The number of nitriles is 1. The van der Waals surface area contributed by atoms with Gasteiger partial charge in [-0.05, 0) is 13.0 Å². The molecule has 1 aromatic heterocycles. The molecule has 1 aromatic carbocycles. The van der Waals surface area contributed by atoms with Gasteiger partial charge in [0.15, 0.2) is 0 Å². The molecule has 5 heteroatoms. The van der Waals surface area contributed by atoms with Crippen LogP contribution in [0.3, 0.4) is 0 Å². The monoisotopic (exact) mass is 268 g/mol. The second kappa shape index (κ2) is 6.02. The number of benzene rings is 1. The Labute approximate surface area is 118 Å². The highest BCUT2D eigenvalue weighted by atomic mass is 16.5. The van der Waals surface area contributed by atoms with E-state index >= 15 is 0 Å². The number of hydrogen-bond acceptors (Lipinski definition) is 5. The quantitative estimate of drug-likeness (QED) is 0.851. The number of aryl methyl sites for hydroxylation is 1. The number of rotatable bonds is 4. The highest BCUT2D eigenvalue weighted by Crippen LogP contribution is 2.21. The van der Waals surface area contributed by atoms with Gasteiger partial charge >= 0.3 is 0 Å². The summed E-state index contributed by atoms with van der Waals surface area (Å²) in [5.74, 6) is 2.15. The molecule has 0 aliphatic rings. The Bertz CT molecular complexity index is 649. The van der Waals surface area contributed by atoms with E-state index in [0.717, 1.165) is 17.1 Å². The molecular weight excluding hydrogens is 252 g/mol. The lowest BCUT2D eigenvalue weighted by Crippen LogP contribution is -2.19. The van der Waals surface area contributed by atoms with Crippen molar-refractivity contribution >= 4 is 5.82 Å². The minimum absolute atomic E-state index is 0.374. The fraction of sp³-hybridized carbons (Fsp3) is 0.267. The van der Waals surface area contributed by atoms with E-state index in [1.54, 1.807) is 20.1 Å². The van der Waals surface area contributed by atoms with Crippen LogP contribution in [0.2, 0.25) is 0 Å². The number of methoxy groups -OCH3 is 1. The molecule has 2 aromatic rings. The van der Waals surface area contributed by atoms with E-state index in [-0.39, 0.29) is 0 Å². The number of anilines is 1. The summed E-state index contributed by atoms with van der Waals surface area (Å²) in [6.07, 6.45) is 0. The van der Waals surface area contributed by atoms with Crippen LogP contribution in [-0.4, -0.2) is 24.1 Å². The molecule has 0 bridgehead atoms. The molecule has 0 amide bonds. The molecule has 5 nitrogen and oxygen atoms in total. The first-order chi connectivity index (χ1) is 9.63. The molecule has 0 atom stereocenters. The minimum Gasteiger partial charge on any atom is -0.496 e. The van der Waals surface area contributed by atoms with Gasteiger partial charge in [-0.3, -0.25) is 0 Å². The number of para-hydroxylation sites is 1. The Morgan fingerprint density at radius 1 is 1.30 bits per heavy atom. The molecule has 102 valence electrons. The summed E-state index contributed by atoms with van der Waals surface area (Å²) in [5, 5.41) is 8.96.